The van der Waals surface area contributed by atoms with Crippen molar-refractivity contribution < 1.29 is 9.90 Å². The maximum Gasteiger partial charge on any atom is 0.354 e. The topological polar surface area (TPSA) is 76.0 Å². The molecule has 16 heavy (non-hydrogen) atoms. The van der Waals surface area contributed by atoms with Gasteiger partial charge in [0.15, 0.2) is 11.5 Å². The number of carbonyl (C=O) groups is 1. The van der Waals surface area contributed by atoms with Crippen LogP contribution in [0.2, 0.25) is 0 Å². The van der Waals surface area contributed by atoms with E-state index in [1.807, 2.05) is 0 Å². The predicted molar refractivity (Wildman–Crippen MR) is 57.0 cm³/mol. The molecule has 0 bridgehead atoms. The van der Waals surface area contributed by atoms with Crippen molar-refractivity contribution in [2.45, 2.75) is 6.92 Å². The van der Waals surface area contributed by atoms with Crippen molar-refractivity contribution in [1.29, 1.82) is 0 Å². The Morgan fingerprint density at radius 3 is 2.75 bits per heavy atom. The summed E-state index contributed by atoms with van der Waals surface area (Å²) < 4.78 is 0. The van der Waals surface area contributed by atoms with Gasteiger partial charge in [-0.1, -0.05) is 6.07 Å². The van der Waals surface area contributed by atoms with Crippen LogP contribution in [0.1, 0.15) is 16.2 Å². The lowest BCUT2D eigenvalue weighted by atomic mass is 10.3. The largest absolute Gasteiger partial charge is 0.477 e. The molecule has 0 aliphatic heterocycles. The molecular weight excluding hydrogens is 206 g/mol. The van der Waals surface area contributed by atoms with Gasteiger partial charge in [-0.2, -0.15) is 0 Å². The third-order valence-electron chi connectivity index (χ3n) is 1.97. The van der Waals surface area contributed by atoms with Gasteiger partial charge in [-0.25, -0.2) is 14.8 Å². The summed E-state index contributed by atoms with van der Waals surface area (Å²) in [7, 11) is 0. The molecule has 1 N–H and O–H groups in total. The van der Waals surface area contributed by atoms with E-state index in [2.05, 4.69) is 15.0 Å². The number of carboxylic acids is 1. The molecule has 0 aliphatic carbocycles. The fourth-order valence-electron chi connectivity index (χ4n) is 1.29. The van der Waals surface area contributed by atoms with E-state index in [4.69, 9.17) is 5.11 Å². The van der Waals surface area contributed by atoms with Crippen molar-refractivity contribution in [2.24, 2.45) is 0 Å². The maximum atomic E-state index is 10.8. The average Bonchev–Trinajstić information content (AvgIpc) is 2.29. The number of hydrogen-bond donors (Lipinski definition) is 1. The van der Waals surface area contributed by atoms with Crippen LogP contribution in [-0.2, 0) is 0 Å². The summed E-state index contributed by atoms with van der Waals surface area (Å²) in [6.45, 7) is 1.72. The number of carboxylic acid groups (broad SMARTS) is 1. The number of hydrogen-bond acceptors (Lipinski definition) is 4. The zero-order valence-corrected chi connectivity index (χ0v) is 8.58. The maximum absolute atomic E-state index is 10.8. The number of pyridine rings is 1. The normalized spacial score (nSPS) is 10.1. The lowest BCUT2D eigenvalue weighted by molar-refractivity contribution is 0.0690. The number of rotatable bonds is 2. The van der Waals surface area contributed by atoms with Gasteiger partial charge >= 0.3 is 5.97 Å². The summed E-state index contributed by atoms with van der Waals surface area (Å²) in [5.41, 5.74) is 1.15. The Kier molecular flexibility index (Phi) is 2.59. The van der Waals surface area contributed by atoms with Crippen LogP contribution < -0.4 is 0 Å². The Hall–Kier alpha value is -2.30. The van der Waals surface area contributed by atoms with E-state index in [0.29, 0.717) is 17.2 Å². The number of aromatic nitrogens is 3. The van der Waals surface area contributed by atoms with Gasteiger partial charge in [0.2, 0.25) is 0 Å². The smallest absolute Gasteiger partial charge is 0.354 e. The highest BCUT2D eigenvalue weighted by Crippen LogP contribution is 2.12. The average molecular weight is 215 g/mol. The summed E-state index contributed by atoms with van der Waals surface area (Å²) in [5, 5.41) is 8.87. The van der Waals surface area contributed by atoms with Crippen molar-refractivity contribution in [2.75, 3.05) is 0 Å². The minimum Gasteiger partial charge on any atom is -0.477 e. The van der Waals surface area contributed by atoms with Crippen molar-refractivity contribution in [3.63, 3.8) is 0 Å². The molecule has 5 nitrogen and oxygen atoms in total. The van der Waals surface area contributed by atoms with E-state index in [-0.39, 0.29) is 5.69 Å². The minimum absolute atomic E-state index is 0.0202. The monoisotopic (exact) mass is 215 g/mol. The van der Waals surface area contributed by atoms with Gasteiger partial charge in [-0.15, -0.1) is 0 Å². The Bertz CT molecular complexity index is 526. The third-order valence-corrected chi connectivity index (χ3v) is 1.97. The molecule has 0 saturated carbocycles. The minimum atomic E-state index is -1.07. The van der Waals surface area contributed by atoms with Crippen molar-refractivity contribution in [1.82, 2.24) is 15.0 Å². The van der Waals surface area contributed by atoms with E-state index in [0.717, 1.165) is 0 Å². The standard InChI is InChI=1S/C11H9N3O2/c1-7-6-9(11(15)16)14-10(13-7)8-4-2-3-5-12-8/h2-6H,1H3,(H,15,16). The first-order valence-corrected chi connectivity index (χ1v) is 4.67. The van der Waals surface area contributed by atoms with Gasteiger partial charge in [0.25, 0.3) is 0 Å². The summed E-state index contributed by atoms with van der Waals surface area (Å²) >= 11 is 0. The van der Waals surface area contributed by atoms with E-state index in [9.17, 15) is 4.79 Å². The van der Waals surface area contributed by atoms with E-state index in [1.54, 1.807) is 31.3 Å². The first-order valence-electron chi connectivity index (χ1n) is 4.67. The molecule has 0 fully saturated rings. The van der Waals surface area contributed by atoms with Crippen molar-refractivity contribution >= 4 is 5.97 Å². The molecule has 0 atom stereocenters. The summed E-state index contributed by atoms with van der Waals surface area (Å²) in [4.78, 5) is 23.0. The highest BCUT2D eigenvalue weighted by molar-refractivity contribution is 5.85. The Morgan fingerprint density at radius 2 is 2.12 bits per heavy atom. The van der Waals surface area contributed by atoms with Crippen LogP contribution >= 0.6 is 0 Å². The lowest BCUT2D eigenvalue weighted by Gasteiger charge is -2.02. The van der Waals surface area contributed by atoms with Gasteiger partial charge < -0.3 is 5.11 Å². The van der Waals surface area contributed by atoms with Crippen molar-refractivity contribution in [3.05, 3.63) is 41.9 Å². The van der Waals surface area contributed by atoms with Crippen LogP contribution in [0.4, 0.5) is 0 Å². The second-order valence-corrected chi connectivity index (χ2v) is 3.24. The van der Waals surface area contributed by atoms with Crippen molar-refractivity contribution in [3.8, 4) is 11.5 Å². The van der Waals surface area contributed by atoms with Gasteiger partial charge in [0, 0.05) is 11.9 Å². The summed E-state index contributed by atoms with van der Waals surface area (Å²) in [6.07, 6.45) is 1.61. The number of aryl methyl sites for hydroxylation is 1. The Balaban J connectivity index is 2.54. The van der Waals surface area contributed by atoms with Gasteiger partial charge in [-0.3, -0.25) is 4.98 Å². The SMILES string of the molecule is Cc1cc(C(=O)O)nc(-c2ccccn2)n1. The highest BCUT2D eigenvalue weighted by Gasteiger charge is 2.10. The second-order valence-electron chi connectivity index (χ2n) is 3.24. The van der Waals surface area contributed by atoms with Crippen LogP contribution in [0.5, 0.6) is 0 Å². The predicted octanol–water partition coefficient (Wildman–Crippen LogP) is 1.55. The molecule has 0 aromatic carbocycles. The molecule has 2 heterocycles. The van der Waals surface area contributed by atoms with E-state index < -0.39 is 5.97 Å². The molecular formula is C11H9N3O2. The fraction of sp³-hybridized carbons (Fsp3) is 0.0909. The first kappa shape index (κ1) is 10.2. The molecule has 2 rings (SSSR count). The molecule has 0 aliphatic rings. The second kappa shape index (κ2) is 4.06. The Morgan fingerprint density at radius 1 is 1.31 bits per heavy atom. The number of aromatic carboxylic acids is 1. The molecule has 80 valence electrons. The summed E-state index contributed by atoms with van der Waals surface area (Å²) in [5.74, 6) is -0.735. The third kappa shape index (κ3) is 2.03. The lowest BCUT2D eigenvalue weighted by Crippen LogP contribution is -2.04. The first-order chi connectivity index (χ1) is 7.66. The van der Waals surface area contributed by atoms with Gasteiger partial charge in [0.05, 0.1) is 0 Å². The Labute approximate surface area is 91.8 Å². The van der Waals surface area contributed by atoms with E-state index in [1.165, 1.54) is 6.07 Å². The van der Waals surface area contributed by atoms with Crippen LogP contribution in [0.3, 0.4) is 0 Å². The molecule has 0 saturated heterocycles. The molecule has 0 unspecified atom stereocenters. The van der Waals surface area contributed by atoms with Gasteiger partial charge in [0.1, 0.15) is 5.69 Å². The zero-order chi connectivity index (χ0) is 11.5. The molecule has 2 aromatic heterocycles. The highest BCUT2D eigenvalue weighted by atomic mass is 16.4. The van der Waals surface area contributed by atoms with Crippen LogP contribution in [0.25, 0.3) is 11.5 Å². The van der Waals surface area contributed by atoms with Crippen LogP contribution in [0.15, 0.2) is 30.5 Å². The fourth-order valence-corrected chi connectivity index (χ4v) is 1.29. The van der Waals surface area contributed by atoms with Crippen LogP contribution in [0, 0.1) is 6.92 Å². The molecule has 5 heteroatoms. The molecule has 2 aromatic rings. The molecule has 0 amide bonds. The molecule has 0 spiro atoms. The van der Waals surface area contributed by atoms with Crippen LogP contribution in [-0.4, -0.2) is 26.0 Å². The quantitative estimate of drug-likeness (QED) is 0.822. The summed E-state index contributed by atoms with van der Waals surface area (Å²) in [6, 6.07) is 6.74. The van der Waals surface area contributed by atoms with Gasteiger partial charge in [-0.05, 0) is 25.1 Å². The molecule has 0 radical (unpaired) electrons. The van der Waals surface area contributed by atoms with E-state index >= 15 is 0 Å². The zero-order valence-electron chi connectivity index (χ0n) is 8.58. The number of nitrogens with zero attached hydrogens (tertiary/aromatic N) is 3.